The number of amides is 1. The highest BCUT2D eigenvalue weighted by molar-refractivity contribution is 7.99. The van der Waals surface area contributed by atoms with Crippen LogP contribution in [-0.2, 0) is 4.79 Å². The molecule has 134 valence electrons. The van der Waals surface area contributed by atoms with Gasteiger partial charge in [0, 0.05) is 11.4 Å². The normalized spacial score (nSPS) is 10.8. The summed E-state index contributed by atoms with van der Waals surface area (Å²) in [6, 6.07) is 11.9. The van der Waals surface area contributed by atoms with Gasteiger partial charge in [0.15, 0.2) is 5.16 Å². The van der Waals surface area contributed by atoms with Crippen molar-refractivity contribution in [2.45, 2.75) is 25.9 Å². The minimum Gasteiger partial charge on any atom is -0.325 e. The van der Waals surface area contributed by atoms with E-state index in [-0.39, 0.29) is 17.5 Å². The molecule has 5 nitrogen and oxygen atoms in total. The SMILES string of the molecule is Cc1ccc(NC(=O)CSc2nnc(C)n2-c2ccc(F)cc2)cc1C. The Labute approximate surface area is 155 Å². The summed E-state index contributed by atoms with van der Waals surface area (Å²) in [5.74, 6) is 0.450. The fraction of sp³-hybridized carbons (Fsp3) is 0.211. The third-order valence-electron chi connectivity index (χ3n) is 4.00. The van der Waals surface area contributed by atoms with Gasteiger partial charge in [0.2, 0.25) is 5.91 Å². The van der Waals surface area contributed by atoms with E-state index in [4.69, 9.17) is 0 Å². The topological polar surface area (TPSA) is 59.8 Å². The molecule has 0 unspecified atom stereocenters. The maximum Gasteiger partial charge on any atom is 0.234 e. The monoisotopic (exact) mass is 370 g/mol. The molecule has 0 bridgehead atoms. The summed E-state index contributed by atoms with van der Waals surface area (Å²) in [6.45, 7) is 5.85. The fourth-order valence-corrected chi connectivity index (χ4v) is 3.27. The van der Waals surface area contributed by atoms with E-state index in [1.54, 1.807) is 16.7 Å². The Morgan fingerprint density at radius 1 is 1.08 bits per heavy atom. The summed E-state index contributed by atoms with van der Waals surface area (Å²) < 4.78 is 14.9. The highest BCUT2D eigenvalue weighted by atomic mass is 32.2. The van der Waals surface area contributed by atoms with Gasteiger partial charge in [-0.2, -0.15) is 0 Å². The van der Waals surface area contributed by atoms with Crippen LogP contribution in [0.15, 0.2) is 47.6 Å². The average molecular weight is 370 g/mol. The predicted octanol–water partition coefficient (Wildman–Crippen LogP) is 4.06. The van der Waals surface area contributed by atoms with Crippen LogP contribution in [0.25, 0.3) is 5.69 Å². The Morgan fingerprint density at radius 3 is 2.50 bits per heavy atom. The molecule has 0 radical (unpaired) electrons. The van der Waals surface area contributed by atoms with Crippen molar-refractivity contribution in [3.05, 3.63) is 65.2 Å². The number of carbonyl (C=O) groups excluding carboxylic acids is 1. The number of carbonyl (C=O) groups is 1. The highest BCUT2D eigenvalue weighted by Crippen LogP contribution is 2.22. The number of nitrogens with zero attached hydrogens (tertiary/aromatic N) is 3. The van der Waals surface area contributed by atoms with Gasteiger partial charge < -0.3 is 5.32 Å². The van der Waals surface area contributed by atoms with E-state index in [1.165, 1.54) is 29.5 Å². The lowest BCUT2D eigenvalue weighted by molar-refractivity contribution is -0.113. The Hall–Kier alpha value is -2.67. The van der Waals surface area contributed by atoms with Crippen LogP contribution in [0.3, 0.4) is 0 Å². The molecule has 0 aliphatic rings. The molecule has 0 atom stereocenters. The molecule has 3 aromatic rings. The Kier molecular flexibility index (Phi) is 5.37. The first kappa shape index (κ1) is 18.1. The smallest absolute Gasteiger partial charge is 0.234 e. The van der Waals surface area contributed by atoms with E-state index in [1.807, 2.05) is 39.0 Å². The van der Waals surface area contributed by atoms with Crippen molar-refractivity contribution in [3.63, 3.8) is 0 Å². The first-order chi connectivity index (χ1) is 12.4. The molecule has 0 fully saturated rings. The minimum absolute atomic E-state index is 0.121. The number of thioether (sulfide) groups is 1. The molecular weight excluding hydrogens is 351 g/mol. The van der Waals surface area contributed by atoms with Gasteiger partial charge in [0.05, 0.1) is 5.75 Å². The van der Waals surface area contributed by atoms with Crippen LogP contribution in [0.5, 0.6) is 0 Å². The predicted molar refractivity (Wildman–Crippen MR) is 101 cm³/mol. The first-order valence-corrected chi connectivity index (χ1v) is 9.10. The van der Waals surface area contributed by atoms with Crippen LogP contribution >= 0.6 is 11.8 Å². The number of nitrogens with one attached hydrogen (secondary N) is 1. The number of hydrogen-bond donors (Lipinski definition) is 1. The molecule has 0 aliphatic carbocycles. The Balaban J connectivity index is 1.69. The second kappa shape index (κ2) is 7.70. The van der Waals surface area contributed by atoms with E-state index in [0.29, 0.717) is 11.0 Å². The van der Waals surface area contributed by atoms with E-state index in [2.05, 4.69) is 15.5 Å². The van der Waals surface area contributed by atoms with Crippen LogP contribution < -0.4 is 5.32 Å². The number of benzene rings is 2. The van der Waals surface area contributed by atoms with Crippen LogP contribution in [0, 0.1) is 26.6 Å². The third kappa shape index (κ3) is 4.11. The van der Waals surface area contributed by atoms with Crippen molar-refractivity contribution in [2.24, 2.45) is 0 Å². The molecule has 1 heterocycles. The molecule has 0 spiro atoms. The first-order valence-electron chi connectivity index (χ1n) is 8.12. The molecular formula is C19H19FN4OS. The zero-order chi connectivity index (χ0) is 18.7. The van der Waals surface area contributed by atoms with E-state index in [0.717, 1.165) is 16.9 Å². The van der Waals surface area contributed by atoms with Crippen LogP contribution in [0.1, 0.15) is 17.0 Å². The van der Waals surface area contributed by atoms with Crippen molar-refractivity contribution in [2.75, 3.05) is 11.1 Å². The molecule has 1 amide bonds. The minimum atomic E-state index is -0.304. The highest BCUT2D eigenvalue weighted by Gasteiger charge is 2.13. The molecule has 0 aliphatic heterocycles. The second-order valence-corrected chi connectivity index (χ2v) is 6.92. The Bertz CT molecular complexity index is 937. The quantitative estimate of drug-likeness (QED) is 0.688. The van der Waals surface area contributed by atoms with Crippen LogP contribution in [-0.4, -0.2) is 26.4 Å². The number of anilines is 1. The lowest BCUT2D eigenvalue weighted by atomic mass is 10.1. The number of rotatable bonds is 5. The maximum atomic E-state index is 13.1. The lowest BCUT2D eigenvalue weighted by Gasteiger charge is -2.09. The van der Waals surface area contributed by atoms with Gasteiger partial charge in [-0.1, -0.05) is 17.8 Å². The van der Waals surface area contributed by atoms with E-state index in [9.17, 15) is 9.18 Å². The second-order valence-electron chi connectivity index (χ2n) is 5.98. The van der Waals surface area contributed by atoms with Crippen molar-refractivity contribution in [3.8, 4) is 5.69 Å². The fourth-order valence-electron chi connectivity index (χ4n) is 2.47. The molecule has 2 aromatic carbocycles. The zero-order valence-electron chi connectivity index (χ0n) is 14.8. The van der Waals surface area contributed by atoms with Gasteiger partial charge >= 0.3 is 0 Å². The van der Waals surface area contributed by atoms with Gasteiger partial charge in [-0.05, 0) is 68.3 Å². The summed E-state index contributed by atoms with van der Waals surface area (Å²) in [6.07, 6.45) is 0. The van der Waals surface area contributed by atoms with E-state index < -0.39 is 0 Å². The zero-order valence-corrected chi connectivity index (χ0v) is 15.6. The summed E-state index contributed by atoms with van der Waals surface area (Å²) in [5.41, 5.74) is 3.84. The molecule has 1 N–H and O–H groups in total. The lowest BCUT2D eigenvalue weighted by Crippen LogP contribution is -2.14. The number of hydrogen-bond acceptors (Lipinski definition) is 4. The number of aryl methyl sites for hydroxylation is 3. The average Bonchev–Trinajstić information content (AvgIpc) is 2.98. The summed E-state index contributed by atoms with van der Waals surface area (Å²) in [5, 5.41) is 11.7. The molecule has 0 saturated heterocycles. The van der Waals surface area contributed by atoms with Gasteiger partial charge in [0.25, 0.3) is 0 Å². The van der Waals surface area contributed by atoms with Crippen LogP contribution in [0.2, 0.25) is 0 Å². The molecule has 3 rings (SSSR count). The Morgan fingerprint density at radius 2 is 1.81 bits per heavy atom. The molecule has 26 heavy (non-hydrogen) atoms. The molecule has 7 heteroatoms. The van der Waals surface area contributed by atoms with Crippen molar-refractivity contribution in [1.29, 1.82) is 0 Å². The maximum absolute atomic E-state index is 13.1. The summed E-state index contributed by atoms with van der Waals surface area (Å²) in [4.78, 5) is 12.2. The van der Waals surface area contributed by atoms with Crippen molar-refractivity contribution < 1.29 is 9.18 Å². The summed E-state index contributed by atoms with van der Waals surface area (Å²) in [7, 11) is 0. The van der Waals surface area contributed by atoms with Crippen molar-refractivity contribution in [1.82, 2.24) is 14.8 Å². The molecule has 0 saturated carbocycles. The summed E-state index contributed by atoms with van der Waals surface area (Å²) >= 11 is 1.29. The van der Waals surface area contributed by atoms with Crippen molar-refractivity contribution >= 4 is 23.4 Å². The largest absolute Gasteiger partial charge is 0.325 e. The number of halogens is 1. The molecule has 1 aromatic heterocycles. The van der Waals surface area contributed by atoms with Gasteiger partial charge in [0.1, 0.15) is 11.6 Å². The van der Waals surface area contributed by atoms with E-state index >= 15 is 0 Å². The third-order valence-corrected chi connectivity index (χ3v) is 4.93. The number of aromatic nitrogens is 3. The van der Waals surface area contributed by atoms with Gasteiger partial charge in [-0.15, -0.1) is 10.2 Å². The van der Waals surface area contributed by atoms with Gasteiger partial charge in [-0.25, -0.2) is 4.39 Å². The van der Waals surface area contributed by atoms with Gasteiger partial charge in [-0.3, -0.25) is 9.36 Å². The standard InChI is InChI=1S/C19H19FN4OS/c1-12-4-7-16(10-13(12)2)21-18(25)11-26-19-23-22-14(3)24(19)17-8-5-15(20)6-9-17/h4-10H,11H2,1-3H3,(H,21,25). The van der Waals surface area contributed by atoms with Crippen LogP contribution in [0.4, 0.5) is 10.1 Å².